The number of nitrogens with one attached hydrogen (secondary N) is 1. The highest BCUT2D eigenvalue weighted by atomic mass is 16.6. The first-order valence-electron chi connectivity index (χ1n) is 9.40. The van der Waals surface area contributed by atoms with Crippen molar-refractivity contribution in [2.45, 2.75) is 6.92 Å². The van der Waals surface area contributed by atoms with Crippen LogP contribution in [0, 0.1) is 17.0 Å². The minimum Gasteiger partial charge on any atom is -0.457 e. The summed E-state index contributed by atoms with van der Waals surface area (Å²) in [6, 6.07) is 16.3. The van der Waals surface area contributed by atoms with Gasteiger partial charge in [-0.2, -0.15) is 0 Å². The molecule has 0 fully saturated rings. The van der Waals surface area contributed by atoms with E-state index in [0.717, 1.165) is 5.56 Å². The molecule has 0 radical (unpaired) electrons. The molecule has 8 heteroatoms. The second-order valence-electron chi connectivity index (χ2n) is 7.09. The van der Waals surface area contributed by atoms with Gasteiger partial charge in [0, 0.05) is 43.4 Å². The number of nitrogens with zero attached hydrogens (tertiary/aromatic N) is 2. The molecule has 0 bridgehead atoms. The fourth-order valence-electron chi connectivity index (χ4n) is 2.79. The number of benzene rings is 2. The molecule has 0 aliphatic rings. The van der Waals surface area contributed by atoms with Crippen LogP contribution in [-0.2, 0) is 4.79 Å². The molecule has 0 unspecified atom stereocenters. The van der Waals surface area contributed by atoms with Gasteiger partial charge in [-0.05, 0) is 31.2 Å². The van der Waals surface area contributed by atoms with Crippen LogP contribution < -0.4 is 5.32 Å². The van der Waals surface area contributed by atoms with Crippen LogP contribution in [0.3, 0.4) is 0 Å². The number of amides is 2. The molecule has 8 nitrogen and oxygen atoms in total. The molecule has 158 valence electrons. The molecule has 1 heterocycles. The Labute approximate surface area is 178 Å². The van der Waals surface area contributed by atoms with Crippen molar-refractivity contribution in [3.8, 4) is 11.3 Å². The number of non-ortho nitro benzene ring substituents is 1. The van der Waals surface area contributed by atoms with Crippen molar-refractivity contribution in [2.75, 3.05) is 14.1 Å². The average molecular weight is 419 g/mol. The van der Waals surface area contributed by atoms with Gasteiger partial charge in [0.15, 0.2) is 0 Å². The summed E-state index contributed by atoms with van der Waals surface area (Å²) in [5.41, 5.74) is 1.94. The van der Waals surface area contributed by atoms with E-state index in [1.807, 2.05) is 19.1 Å². The van der Waals surface area contributed by atoms with Crippen molar-refractivity contribution in [1.82, 2.24) is 10.2 Å². The van der Waals surface area contributed by atoms with E-state index < -0.39 is 16.7 Å². The average Bonchev–Trinajstić information content (AvgIpc) is 3.21. The molecule has 0 atom stereocenters. The lowest BCUT2D eigenvalue weighted by Crippen LogP contribution is -2.34. The number of likely N-dealkylation sites (N-methyl/N-ethyl adjacent to an activating group) is 1. The number of nitro benzene ring substituents is 1. The van der Waals surface area contributed by atoms with Crippen LogP contribution in [0.15, 0.2) is 70.8 Å². The summed E-state index contributed by atoms with van der Waals surface area (Å²) in [4.78, 5) is 37.0. The summed E-state index contributed by atoms with van der Waals surface area (Å²) in [6.07, 6.45) is 1.43. The Bertz CT molecular complexity index is 1160. The number of hydrogen-bond acceptors (Lipinski definition) is 5. The van der Waals surface area contributed by atoms with Crippen LogP contribution in [0.2, 0.25) is 0 Å². The lowest BCUT2D eigenvalue weighted by molar-refractivity contribution is -0.384. The molecule has 0 spiro atoms. The first-order valence-corrected chi connectivity index (χ1v) is 9.40. The van der Waals surface area contributed by atoms with Crippen molar-refractivity contribution in [3.05, 3.63) is 93.4 Å². The SMILES string of the molecule is Cc1ccc(C(=O)N/C(=C/c2ccc(-c3cccc([N+](=O)[O-])c3)o2)C(=O)N(C)C)cc1. The van der Waals surface area contributed by atoms with Crippen LogP contribution >= 0.6 is 0 Å². The fourth-order valence-corrected chi connectivity index (χ4v) is 2.79. The second-order valence-corrected chi connectivity index (χ2v) is 7.09. The van der Waals surface area contributed by atoms with Crippen LogP contribution in [0.4, 0.5) is 5.69 Å². The van der Waals surface area contributed by atoms with Crippen LogP contribution in [0.25, 0.3) is 17.4 Å². The van der Waals surface area contributed by atoms with Gasteiger partial charge in [0.1, 0.15) is 17.2 Å². The molecule has 2 aromatic carbocycles. The van der Waals surface area contributed by atoms with Gasteiger partial charge in [-0.25, -0.2) is 0 Å². The minimum atomic E-state index is -0.484. The van der Waals surface area contributed by atoms with Gasteiger partial charge in [-0.1, -0.05) is 29.8 Å². The summed E-state index contributed by atoms with van der Waals surface area (Å²) in [5.74, 6) is -0.118. The maximum atomic E-state index is 12.6. The van der Waals surface area contributed by atoms with Gasteiger partial charge in [0.2, 0.25) is 0 Å². The van der Waals surface area contributed by atoms with Gasteiger partial charge in [-0.15, -0.1) is 0 Å². The predicted octanol–water partition coefficient (Wildman–Crippen LogP) is 4.02. The summed E-state index contributed by atoms with van der Waals surface area (Å²) >= 11 is 0. The lowest BCUT2D eigenvalue weighted by Gasteiger charge is -2.14. The third-order valence-corrected chi connectivity index (χ3v) is 4.45. The molecule has 31 heavy (non-hydrogen) atoms. The molecule has 0 aliphatic carbocycles. The zero-order valence-electron chi connectivity index (χ0n) is 17.3. The van der Waals surface area contributed by atoms with Crippen molar-refractivity contribution in [2.24, 2.45) is 0 Å². The van der Waals surface area contributed by atoms with E-state index in [9.17, 15) is 19.7 Å². The number of carbonyl (C=O) groups excluding carboxylic acids is 2. The molecule has 1 aromatic heterocycles. The topological polar surface area (TPSA) is 106 Å². The van der Waals surface area contributed by atoms with Gasteiger partial charge >= 0.3 is 0 Å². The Hall–Kier alpha value is -4.20. The molecular formula is C23H21N3O5. The van der Waals surface area contributed by atoms with E-state index in [-0.39, 0.29) is 11.4 Å². The maximum Gasteiger partial charge on any atom is 0.270 e. The van der Waals surface area contributed by atoms with Crippen molar-refractivity contribution in [1.29, 1.82) is 0 Å². The smallest absolute Gasteiger partial charge is 0.270 e. The lowest BCUT2D eigenvalue weighted by atomic mass is 10.1. The van der Waals surface area contributed by atoms with Crippen molar-refractivity contribution >= 4 is 23.6 Å². The zero-order valence-corrected chi connectivity index (χ0v) is 17.3. The molecular weight excluding hydrogens is 398 g/mol. The normalized spacial score (nSPS) is 11.1. The summed E-state index contributed by atoms with van der Waals surface area (Å²) in [6.45, 7) is 1.92. The first kappa shape index (κ1) is 21.5. The molecule has 3 aromatic rings. The predicted molar refractivity (Wildman–Crippen MR) is 116 cm³/mol. The fraction of sp³-hybridized carbons (Fsp3) is 0.130. The minimum absolute atomic E-state index is 0.0375. The highest BCUT2D eigenvalue weighted by Crippen LogP contribution is 2.26. The standard InChI is InChI=1S/C23H21N3O5/c1-15-7-9-16(10-8-15)22(27)24-20(23(28)25(2)3)14-19-11-12-21(31-19)17-5-4-6-18(13-17)26(29)30/h4-14H,1-3H3,(H,24,27)/b20-14+. The molecule has 2 amide bonds. The molecule has 0 aliphatic heterocycles. The van der Waals surface area contributed by atoms with E-state index in [0.29, 0.717) is 22.6 Å². The Morgan fingerprint density at radius 2 is 1.77 bits per heavy atom. The van der Waals surface area contributed by atoms with Crippen LogP contribution in [-0.4, -0.2) is 35.7 Å². The molecule has 3 rings (SSSR count). The molecule has 1 N–H and O–H groups in total. The summed E-state index contributed by atoms with van der Waals surface area (Å²) in [7, 11) is 3.15. The second kappa shape index (κ2) is 9.08. The molecule has 0 saturated heterocycles. The van der Waals surface area contributed by atoms with E-state index >= 15 is 0 Å². The summed E-state index contributed by atoms with van der Waals surface area (Å²) < 4.78 is 5.75. The third kappa shape index (κ3) is 5.24. The largest absolute Gasteiger partial charge is 0.457 e. The van der Waals surface area contributed by atoms with Gasteiger partial charge in [0.25, 0.3) is 17.5 Å². The Kier molecular flexibility index (Phi) is 6.30. The number of furan rings is 1. The van der Waals surface area contributed by atoms with Gasteiger partial charge < -0.3 is 14.6 Å². The van der Waals surface area contributed by atoms with Crippen molar-refractivity contribution in [3.63, 3.8) is 0 Å². The van der Waals surface area contributed by atoms with Crippen LogP contribution in [0.5, 0.6) is 0 Å². The van der Waals surface area contributed by atoms with E-state index in [1.54, 1.807) is 50.5 Å². The van der Waals surface area contributed by atoms with Crippen molar-refractivity contribution < 1.29 is 18.9 Å². The van der Waals surface area contributed by atoms with Gasteiger partial charge in [-0.3, -0.25) is 19.7 Å². The maximum absolute atomic E-state index is 12.6. The number of carbonyl (C=O) groups is 2. The highest BCUT2D eigenvalue weighted by Gasteiger charge is 2.17. The molecule has 0 saturated carbocycles. The number of aryl methyl sites for hydroxylation is 1. The Balaban J connectivity index is 1.90. The zero-order chi connectivity index (χ0) is 22.5. The van der Waals surface area contributed by atoms with Gasteiger partial charge in [0.05, 0.1) is 4.92 Å². The van der Waals surface area contributed by atoms with E-state index in [1.165, 1.54) is 23.1 Å². The quantitative estimate of drug-likeness (QED) is 0.369. The number of nitro groups is 1. The monoisotopic (exact) mass is 419 g/mol. The van der Waals surface area contributed by atoms with E-state index in [2.05, 4.69) is 5.32 Å². The van der Waals surface area contributed by atoms with E-state index in [4.69, 9.17) is 4.42 Å². The summed E-state index contributed by atoms with van der Waals surface area (Å²) in [5, 5.41) is 13.6. The highest BCUT2D eigenvalue weighted by molar-refractivity contribution is 6.05. The Morgan fingerprint density at radius 1 is 1.06 bits per heavy atom. The Morgan fingerprint density at radius 3 is 2.42 bits per heavy atom. The number of hydrogen-bond donors (Lipinski definition) is 1. The van der Waals surface area contributed by atoms with Crippen LogP contribution in [0.1, 0.15) is 21.7 Å². The third-order valence-electron chi connectivity index (χ3n) is 4.45. The number of rotatable bonds is 6. The first-order chi connectivity index (χ1) is 14.7.